The first-order valence-electron chi connectivity index (χ1n) is 6.36. The third kappa shape index (κ3) is 6.40. The van der Waals surface area contributed by atoms with Gasteiger partial charge in [-0.1, -0.05) is 6.07 Å². The number of aliphatic hydroxyl groups excluding tert-OH is 5. The minimum absolute atomic E-state index is 0. The van der Waals surface area contributed by atoms with Crippen molar-refractivity contribution in [2.24, 2.45) is 0 Å². The van der Waals surface area contributed by atoms with Crippen LogP contribution in [0.2, 0.25) is 0 Å². The minimum Gasteiger partial charge on any atom is -0.394 e. The first kappa shape index (κ1) is 23.5. The predicted molar refractivity (Wildman–Crippen MR) is 78.7 cm³/mol. The second kappa shape index (κ2) is 9.82. The van der Waals surface area contributed by atoms with E-state index < -0.39 is 46.5 Å². The second-order valence-corrected chi connectivity index (χ2v) is 6.29. The number of rotatable bonds is 8. The maximum atomic E-state index is 11.4. The Kier molecular flexibility index (Phi) is 9.60. The first-order valence-corrected chi connectivity index (χ1v) is 7.86. The van der Waals surface area contributed by atoms with Crippen molar-refractivity contribution < 1.29 is 68.1 Å². The van der Waals surface area contributed by atoms with Crippen LogP contribution < -0.4 is 40.6 Å². The number of anilines is 2. The third-order valence-corrected chi connectivity index (χ3v) is 4.01. The molecule has 0 spiro atoms. The van der Waals surface area contributed by atoms with Crippen molar-refractivity contribution in [2.45, 2.75) is 29.8 Å². The van der Waals surface area contributed by atoms with Gasteiger partial charge in [0.25, 0.3) is 10.1 Å². The number of aromatic nitrogens is 1. The summed E-state index contributed by atoms with van der Waals surface area (Å²) >= 11 is 0. The summed E-state index contributed by atoms with van der Waals surface area (Å²) < 4.78 is 32.0. The molecule has 0 aromatic carbocycles. The molecule has 5 atom stereocenters. The van der Waals surface area contributed by atoms with E-state index in [9.17, 15) is 33.4 Å². The molecule has 0 saturated carbocycles. The van der Waals surface area contributed by atoms with Crippen LogP contribution in [0, 0.1) is 0 Å². The molecule has 0 bridgehead atoms. The molecule has 0 aliphatic rings. The van der Waals surface area contributed by atoms with Crippen LogP contribution in [-0.4, -0.2) is 79.9 Å². The molecular formula is C11H19N3NaO8S+. The van der Waals surface area contributed by atoms with Gasteiger partial charge in [0.1, 0.15) is 36.1 Å². The van der Waals surface area contributed by atoms with Crippen LogP contribution in [0.5, 0.6) is 0 Å². The average Bonchev–Trinajstić information content (AvgIpc) is 2.48. The van der Waals surface area contributed by atoms with E-state index in [2.05, 4.69) is 10.3 Å². The molecule has 0 radical (unpaired) electrons. The Morgan fingerprint density at radius 1 is 1.12 bits per heavy atom. The number of pyridine rings is 1. The number of hydrogen-bond acceptors (Lipinski definition) is 10. The summed E-state index contributed by atoms with van der Waals surface area (Å²) in [6.07, 6.45) is -8.34. The number of aliphatic hydroxyl groups is 5. The molecule has 5 unspecified atom stereocenters. The molecule has 13 heteroatoms. The molecule has 0 aliphatic heterocycles. The van der Waals surface area contributed by atoms with Gasteiger partial charge in [0, 0.05) is 0 Å². The summed E-state index contributed by atoms with van der Waals surface area (Å²) in [5, 5.41) is 47.0. The van der Waals surface area contributed by atoms with E-state index in [4.69, 9.17) is 10.8 Å². The van der Waals surface area contributed by atoms with Gasteiger partial charge in [-0.2, -0.15) is 8.42 Å². The molecular weight excluding hydrogens is 357 g/mol. The van der Waals surface area contributed by atoms with Crippen LogP contribution in [0.1, 0.15) is 0 Å². The van der Waals surface area contributed by atoms with Crippen molar-refractivity contribution in [2.75, 3.05) is 17.7 Å². The van der Waals surface area contributed by atoms with E-state index in [1.807, 2.05) is 0 Å². The van der Waals surface area contributed by atoms with Crippen LogP contribution in [0.25, 0.3) is 0 Å². The molecule has 0 amide bonds. The van der Waals surface area contributed by atoms with Gasteiger partial charge >= 0.3 is 29.6 Å². The molecule has 1 heterocycles. The van der Waals surface area contributed by atoms with Crippen molar-refractivity contribution in [1.82, 2.24) is 4.98 Å². The standard InChI is InChI=1S/C11H19N3O8S.Na/c12-6-2-1-3-7(13-6)14-11(23(20,21)22)10(19)9(18)8(17)5(16)4-15;/h1-3,5,8-11,15-19H,4H2,(H3,12,13,14)(H,20,21,22);/q;+1. The van der Waals surface area contributed by atoms with Gasteiger partial charge in [0.2, 0.25) is 0 Å². The van der Waals surface area contributed by atoms with Gasteiger partial charge in [0.05, 0.1) is 6.61 Å². The largest absolute Gasteiger partial charge is 1.00 e. The van der Waals surface area contributed by atoms with E-state index >= 15 is 0 Å². The molecule has 24 heavy (non-hydrogen) atoms. The Bertz CT molecular complexity index is 619. The molecule has 0 fully saturated rings. The molecule has 1 aromatic heterocycles. The fourth-order valence-corrected chi connectivity index (χ4v) is 2.51. The number of nitrogen functional groups attached to an aromatic ring is 1. The SMILES string of the molecule is Nc1cccc(NC(C(O)C(O)C(O)C(O)CO)S(=O)(=O)O)n1.[Na+]. The molecule has 9 N–H and O–H groups in total. The van der Waals surface area contributed by atoms with Crippen LogP contribution in [-0.2, 0) is 10.1 Å². The van der Waals surface area contributed by atoms with Gasteiger partial charge < -0.3 is 36.6 Å². The Balaban J connectivity index is 0.00000529. The van der Waals surface area contributed by atoms with E-state index in [1.54, 1.807) is 0 Å². The minimum atomic E-state index is -4.94. The third-order valence-electron chi connectivity index (χ3n) is 2.97. The average molecular weight is 376 g/mol. The van der Waals surface area contributed by atoms with Crippen molar-refractivity contribution in [3.63, 3.8) is 0 Å². The quantitative estimate of drug-likeness (QED) is 0.158. The normalized spacial score (nSPS) is 17.9. The summed E-state index contributed by atoms with van der Waals surface area (Å²) in [6, 6.07) is 4.10. The molecule has 1 aromatic rings. The molecule has 11 nitrogen and oxygen atoms in total. The van der Waals surface area contributed by atoms with Crippen LogP contribution in [0.3, 0.4) is 0 Å². The zero-order valence-electron chi connectivity index (χ0n) is 12.8. The smallest absolute Gasteiger partial charge is 0.394 e. The van der Waals surface area contributed by atoms with Crippen molar-refractivity contribution in [3.8, 4) is 0 Å². The van der Waals surface area contributed by atoms with E-state index in [0.717, 1.165) is 0 Å². The van der Waals surface area contributed by atoms with Gasteiger partial charge in [-0.25, -0.2) is 4.98 Å². The Morgan fingerprint density at radius 2 is 1.71 bits per heavy atom. The number of nitrogens with two attached hydrogens (primary N) is 1. The summed E-state index contributed by atoms with van der Waals surface area (Å²) in [4.78, 5) is 3.71. The Labute approximate surface area is 160 Å². The zero-order chi connectivity index (χ0) is 17.8. The van der Waals surface area contributed by atoms with Crippen LogP contribution in [0.4, 0.5) is 11.6 Å². The summed E-state index contributed by atoms with van der Waals surface area (Å²) in [7, 11) is -4.94. The summed E-state index contributed by atoms with van der Waals surface area (Å²) in [6.45, 7) is -0.939. The topological polar surface area (TPSA) is 206 Å². The van der Waals surface area contributed by atoms with Gasteiger partial charge in [-0.15, -0.1) is 0 Å². The molecule has 1 rings (SSSR count). The number of nitrogens with zero attached hydrogens (tertiary/aromatic N) is 1. The Hall–Kier alpha value is -0.540. The molecule has 0 aliphatic carbocycles. The number of hydrogen-bond donors (Lipinski definition) is 8. The predicted octanol–water partition coefficient (Wildman–Crippen LogP) is -6.27. The second-order valence-electron chi connectivity index (χ2n) is 4.75. The summed E-state index contributed by atoms with van der Waals surface area (Å²) in [5.74, 6) is -0.106. The zero-order valence-corrected chi connectivity index (χ0v) is 15.6. The van der Waals surface area contributed by atoms with Crippen molar-refractivity contribution >= 4 is 21.8 Å². The van der Waals surface area contributed by atoms with Crippen molar-refractivity contribution in [1.29, 1.82) is 0 Å². The first-order chi connectivity index (χ1) is 10.6. The maximum absolute atomic E-state index is 11.4. The van der Waals surface area contributed by atoms with Crippen LogP contribution in [0.15, 0.2) is 18.2 Å². The monoisotopic (exact) mass is 376 g/mol. The fraction of sp³-hybridized carbons (Fsp3) is 0.545. The van der Waals surface area contributed by atoms with Gasteiger partial charge in [0.15, 0.2) is 5.37 Å². The van der Waals surface area contributed by atoms with Gasteiger partial charge in [-0.05, 0) is 12.1 Å². The van der Waals surface area contributed by atoms with E-state index in [0.29, 0.717) is 0 Å². The fourth-order valence-electron chi connectivity index (χ4n) is 1.73. The number of nitrogens with one attached hydrogen (secondary N) is 1. The summed E-state index contributed by atoms with van der Waals surface area (Å²) in [5.41, 5.74) is 5.41. The van der Waals surface area contributed by atoms with Crippen LogP contribution >= 0.6 is 0 Å². The Morgan fingerprint density at radius 3 is 2.17 bits per heavy atom. The van der Waals surface area contributed by atoms with Crippen molar-refractivity contribution in [3.05, 3.63) is 18.2 Å². The van der Waals surface area contributed by atoms with E-state index in [1.165, 1.54) is 18.2 Å². The van der Waals surface area contributed by atoms with E-state index in [-0.39, 0.29) is 41.2 Å². The molecule has 0 saturated heterocycles. The molecule has 132 valence electrons. The maximum Gasteiger partial charge on any atom is 1.00 e. The van der Waals surface area contributed by atoms with Gasteiger partial charge in [-0.3, -0.25) is 4.55 Å².